The number of nitrogens with zero attached hydrogens (tertiary/aromatic N) is 1. The minimum atomic E-state index is -0.417. The van der Waals surface area contributed by atoms with Gasteiger partial charge in [-0.3, -0.25) is 4.79 Å². The number of benzene rings is 1. The van der Waals surface area contributed by atoms with Gasteiger partial charge in [0.1, 0.15) is 0 Å². The standard InChI is InChI=1S/C17H21ClN4O2S/c1-17(2,3)13-10-25-16(21-13)22-14(23)9-20-15(24)19-8-11-4-6-12(18)7-5-11/h4-7,10H,8-9H2,1-3H3,(H2,19,20,24)(H,21,22,23). The molecule has 3 N–H and O–H groups in total. The second-order valence-electron chi connectivity index (χ2n) is 6.50. The number of urea groups is 1. The maximum absolute atomic E-state index is 11.9. The van der Waals surface area contributed by atoms with Crippen LogP contribution in [-0.2, 0) is 16.8 Å². The lowest BCUT2D eigenvalue weighted by atomic mass is 9.93. The van der Waals surface area contributed by atoms with Crippen LogP contribution >= 0.6 is 22.9 Å². The van der Waals surface area contributed by atoms with Crippen molar-refractivity contribution in [2.24, 2.45) is 0 Å². The van der Waals surface area contributed by atoms with Crippen molar-refractivity contribution in [3.8, 4) is 0 Å². The van der Waals surface area contributed by atoms with Gasteiger partial charge in [-0.2, -0.15) is 0 Å². The van der Waals surface area contributed by atoms with Crippen molar-refractivity contribution in [1.82, 2.24) is 15.6 Å². The van der Waals surface area contributed by atoms with Crippen LogP contribution in [0.3, 0.4) is 0 Å². The number of thiazole rings is 1. The minimum absolute atomic E-state index is 0.0702. The molecule has 2 rings (SSSR count). The maximum Gasteiger partial charge on any atom is 0.315 e. The fourth-order valence-electron chi connectivity index (χ4n) is 1.85. The third-order valence-corrected chi connectivity index (χ3v) is 4.30. The number of aromatic nitrogens is 1. The van der Waals surface area contributed by atoms with Crippen LogP contribution in [-0.4, -0.2) is 23.5 Å². The number of amides is 3. The molecular weight excluding hydrogens is 360 g/mol. The number of rotatable bonds is 5. The lowest BCUT2D eigenvalue weighted by Gasteiger charge is -2.14. The van der Waals surface area contributed by atoms with E-state index in [2.05, 4.69) is 41.7 Å². The number of hydrogen-bond acceptors (Lipinski definition) is 4. The Bertz CT molecular complexity index is 738. The van der Waals surface area contributed by atoms with Crippen LogP contribution in [0.25, 0.3) is 0 Å². The van der Waals surface area contributed by atoms with Crippen molar-refractivity contribution < 1.29 is 9.59 Å². The summed E-state index contributed by atoms with van der Waals surface area (Å²) in [5, 5.41) is 11.0. The van der Waals surface area contributed by atoms with Crippen molar-refractivity contribution >= 4 is 40.0 Å². The van der Waals surface area contributed by atoms with Crippen molar-refractivity contribution in [3.63, 3.8) is 0 Å². The smallest absolute Gasteiger partial charge is 0.315 e. The Kier molecular flexibility index (Phi) is 6.39. The Labute approximate surface area is 156 Å². The highest BCUT2D eigenvalue weighted by molar-refractivity contribution is 7.13. The molecule has 3 amide bonds. The molecule has 0 spiro atoms. The Morgan fingerprint density at radius 1 is 1.16 bits per heavy atom. The third kappa shape index (κ3) is 6.36. The highest BCUT2D eigenvalue weighted by Crippen LogP contribution is 2.26. The van der Waals surface area contributed by atoms with Gasteiger partial charge in [-0.05, 0) is 17.7 Å². The molecule has 2 aromatic rings. The first-order valence-corrected chi connectivity index (χ1v) is 9.02. The van der Waals surface area contributed by atoms with Crippen molar-refractivity contribution in [1.29, 1.82) is 0 Å². The summed E-state index contributed by atoms with van der Waals surface area (Å²) in [6.45, 7) is 6.39. The van der Waals surface area contributed by atoms with Gasteiger partial charge >= 0.3 is 6.03 Å². The fourth-order valence-corrected chi connectivity index (χ4v) is 2.93. The molecule has 25 heavy (non-hydrogen) atoms. The summed E-state index contributed by atoms with van der Waals surface area (Å²) in [7, 11) is 0. The van der Waals surface area contributed by atoms with E-state index in [1.807, 2.05) is 17.5 Å². The first kappa shape index (κ1) is 19.2. The van der Waals surface area contributed by atoms with Crippen molar-refractivity contribution in [2.45, 2.75) is 32.7 Å². The zero-order valence-corrected chi connectivity index (χ0v) is 15.9. The molecule has 0 aliphatic carbocycles. The molecule has 0 aliphatic rings. The molecule has 1 heterocycles. The predicted molar refractivity (Wildman–Crippen MR) is 101 cm³/mol. The van der Waals surface area contributed by atoms with Gasteiger partial charge in [0.05, 0.1) is 12.2 Å². The Balaban J connectivity index is 1.73. The molecule has 0 aliphatic heterocycles. The van der Waals surface area contributed by atoms with Crippen molar-refractivity contribution in [3.05, 3.63) is 45.9 Å². The molecule has 0 fully saturated rings. The summed E-state index contributed by atoms with van der Waals surface area (Å²) >= 11 is 7.17. The molecule has 134 valence electrons. The third-order valence-electron chi connectivity index (χ3n) is 3.29. The molecule has 0 bridgehead atoms. The SMILES string of the molecule is CC(C)(C)c1csc(NC(=O)CNC(=O)NCc2ccc(Cl)cc2)n1. The Morgan fingerprint density at radius 2 is 1.84 bits per heavy atom. The molecule has 1 aromatic carbocycles. The van der Waals surface area contributed by atoms with Gasteiger partial charge < -0.3 is 16.0 Å². The predicted octanol–water partition coefficient (Wildman–Crippen LogP) is 3.53. The quantitative estimate of drug-likeness (QED) is 0.741. The van der Waals surface area contributed by atoms with Gasteiger partial charge in [-0.1, -0.05) is 44.5 Å². The molecule has 0 unspecified atom stereocenters. The number of anilines is 1. The Morgan fingerprint density at radius 3 is 2.44 bits per heavy atom. The van der Waals surface area contributed by atoms with E-state index in [0.717, 1.165) is 11.3 Å². The maximum atomic E-state index is 11.9. The van der Waals surface area contributed by atoms with Gasteiger partial charge in [0.15, 0.2) is 5.13 Å². The van der Waals surface area contributed by atoms with E-state index in [1.165, 1.54) is 11.3 Å². The Hall–Kier alpha value is -2.12. The average Bonchev–Trinajstić information content (AvgIpc) is 3.01. The van der Waals surface area contributed by atoms with E-state index in [0.29, 0.717) is 16.7 Å². The largest absolute Gasteiger partial charge is 0.334 e. The summed E-state index contributed by atoms with van der Waals surface area (Å²) < 4.78 is 0. The summed E-state index contributed by atoms with van der Waals surface area (Å²) in [6.07, 6.45) is 0. The van der Waals surface area contributed by atoms with E-state index in [-0.39, 0.29) is 17.9 Å². The summed E-state index contributed by atoms with van der Waals surface area (Å²) in [6, 6.07) is 6.74. The zero-order chi connectivity index (χ0) is 18.4. The second kappa shape index (κ2) is 8.31. The van der Waals surface area contributed by atoms with Crippen LogP contribution in [0.2, 0.25) is 5.02 Å². The zero-order valence-electron chi connectivity index (χ0n) is 14.4. The van der Waals surface area contributed by atoms with Gasteiger partial charge in [0, 0.05) is 22.4 Å². The van der Waals surface area contributed by atoms with Crippen LogP contribution in [0.15, 0.2) is 29.6 Å². The topological polar surface area (TPSA) is 83.1 Å². The van der Waals surface area contributed by atoms with Gasteiger partial charge in [0.2, 0.25) is 5.91 Å². The van der Waals surface area contributed by atoms with E-state index in [1.54, 1.807) is 12.1 Å². The van der Waals surface area contributed by atoms with Crippen LogP contribution in [0, 0.1) is 0 Å². The van der Waals surface area contributed by atoms with E-state index in [4.69, 9.17) is 11.6 Å². The number of carbonyl (C=O) groups is 2. The van der Waals surface area contributed by atoms with Gasteiger partial charge in [0.25, 0.3) is 0 Å². The van der Waals surface area contributed by atoms with Crippen molar-refractivity contribution in [2.75, 3.05) is 11.9 Å². The summed E-state index contributed by atoms with van der Waals surface area (Å²) in [5.41, 5.74) is 1.77. The van der Waals surface area contributed by atoms with Gasteiger partial charge in [-0.15, -0.1) is 11.3 Å². The van der Waals surface area contributed by atoms with Crippen LogP contribution in [0.5, 0.6) is 0 Å². The minimum Gasteiger partial charge on any atom is -0.334 e. The number of halogens is 1. The molecule has 0 saturated heterocycles. The lowest BCUT2D eigenvalue weighted by Crippen LogP contribution is -2.39. The molecule has 0 atom stereocenters. The number of nitrogens with one attached hydrogen (secondary N) is 3. The van der Waals surface area contributed by atoms with Crippen LogP contribution in [0.4, 0.5) is 9.93 Å². The fraction of sp³-hybridized carbons (Fsp3) is 0.353. The van der Waals surface area contributed by atoms with Gasteiger partial charge in [-0.25, -0.2) is 9.78 Å². The highest BCUT2D eigenvalue weighted by Gasteiger charge is 2.18. The average molecular weight is 381 g/mol. The first-order valence-electron chi connectivity index (χ1n) is 7.76. The van der Waals surface area contributed by atoms with E-state index in [9.17, 15) is 9.59 Å². The summed E-state index contributed by atoms with van der Waals surface area (Å²) in [5.74, 6) is -0.323. The lowest BCUT2D eigenvalue weighted by molar-refractivity contribution is -0.115. The number of carbonyl (C=O) groups excluding carboxylic acids is 2. The second-order valence-corrected chi connectivity index (χ2v) is 7.79. The van der Waals surface area contributed by atoms with Crippen LogP contribution < -0.4 is 16.0 Å². The molecule has 6 nitrogen and oxygen atoms in total. The highest BCUT2D eigenvalue weighted by atomic mass is 35.5. The van der Waals surface area contributed by atoms with Crippen LogP contribution in [0.1, 0.15) is 32.0 Å². The molecule has 0 saturated carbocycles. The monoisotopic (exact) mass is 380 g/mol. The molecular formula is C17H21ClN4O2S. The number of hydrogen-bond donors (Lipinski definition) is 3. The van der Waals surface area contributed by atoms with E-state index < -0.39 is 6.03 Å². The van der Waals surface area contributed by atoms with E-state index >= 15 is 0 Å². The molecule has 0 radical (unpaired) electrons. The first-order chi connectivity index (χ1) is 11.7. The molecule has 1 aromatic heterocycles. The normalized spacial score (nSPS) is 11.0. The summed E-state index contributed by atoms with van der Waals surface area (Å²) in [4.78, 5) is 28.0. The molecule has 8 heteroatoms.